The molecule has 0 spiro atoms. The first-order valence-corrected chi connectivity index (χ1v) is 7.07. The Balaban J connectivity index is 2.01. The molecule has 0 radical (unpaired) electrons. The summed E-state index contributed by atoms with van der Waals surface area (Å²) in [4.78, 5) is 28.4. The van der Waals surface area contributed by atoms with Crippen molar-refractivity contribution in [3.63, 3.8) is 0 Å². The van der Waals surface area contributed by atoms with E-state index in [1.54, 1.807) is 19.2 Å². The second-order valence-corrected chi connectivity index (χ2v) is 5.30. The Bertz CT molecular complexity index is 1080. The van der Waals surface area contributed by atoms with Crippen LogP contribution >= 0.6 is 0 Å². The Morgan fingerprint density at radius 1 is 1.17 bits per heavy atom. The molecule has 24 heavy (non-hydrogen) atoms. The van der Waals surface area contributed by atoms with Crippen LogP contribution in [-0.2, 0) is 21.1 Å². The van der Waals surface area contributed by atoms with Gasteiger partial charge in [-0.05, 0) is 17.7 Å². The third-order valence-electron chi connectivity index (χ3n) is 3.70. The molecule has 0 amide bonds. The topological polar surface area (TPSA) is 86.2 Å². The molecule has 0 aliphatic rings. The highest BCUT2D eigenvalue weighted by molar-refractivity contribution is 5.80. The molecule has 0 saturated heterocycles. The zero-order valence-electron chi connectivity index (χ0n) is 13.3. The number of halogens is 1. The van der Waals surface area contributed by atoms with Crippen LogP contribution in [0, 0.1) is 5.82 Å². The largest absolute Gasteiger partial charge is 0.332 e. The molecule has 2 heterocycles. The second kappa shape index (κ2) is 5.76. The molecule has 0 saturated carbocycles. The van der Waals surface area contributed by atoms with Gasteiger partial charge in [0, 0.05) is 21.1 Å². The van der Waals surface area contributed by atoms with Crippen molar-refractivity contribution in [1.29, 1.82) is 0 Å². The number of nitrogens with zero attached hydrogens (tertiary/aromatic N) is 5. The van der Waals surface area contributed by atoms with Crippen molar-refractivity contribution in [2.75, 3.05) is 5.43 Å². The van der Waals surface area contributed by atoms with Gasteiger partial charge in [0.25, 0.3) is 5.56 Å². The van der Waals surface area contributed by atoms with Gasteiger partial charge in [-0.2, -0.15) is 10.1 Å². The average molecular weight is 330 g/mol. The Labute approximate surface area is 135 Å². The predicted molar refractivity (Wildman–Crippen MR) is 88.8 cm³/mol. The van der Waals surface area contributed by atoms with Crippen LogP contribution in [0.15, 0.2) is 39.0 Å². The number of hydrogen-bond donors (Lipinski definition) is 1. The number of aromatic nitrogens is 4. The summed E-state index contributed by atoms with van der Waals surface area (Å²) in [5.74, 6) is -0.0730. The van der Waals surface area contributed by atoms with Gasteiger partial charge in [-0.3, -0.25) is 13.9 Å². The van der Waals surface area contributed by atoms with Crippen molar-refractivity contribution in [2.24, 2.45) is 26.2 Å². The van der Waals surface area contributed by atoms with Gasteiger partial charge in [-0.25, -0.2) is 14.6 Å². The summed E-state index contributed by atoms with van der Waals surface area (Å²) in [6.45, 7) is 0. The highest BCUT2D eigenvalue weighted by Crippen LogP contribution is 2.13. The molecular weight excluding hydrogens is 315 g/mol. The number of imidazole rings is 1. The Kier molecular flexibility index (Phi) is 3.76. The van der Waals surface area contributed by atoms with Crippen LogP contribution in [-0.4, -0.2) is 24.9 Å². The predicted octanol–water partition coefficient (Wildman–Crippen LogP) is 0.556. The van der Waals surface area contributed by atoms with E-state index >= 15 is 0 Å². The molecule has 0 aliphatic heterocycles. The number of hydrogen-bond acceptors (Lipinski definition) is 5. The third kappa shape index (κ3) is 2.49. The lowest BCUT2D eigenvalue weighted by Crippen LogP contribution is -2.37. The monoisotopic (exact) mass is 330 g/mol. The first kappa shape index (κ1) is 15.7. The fraction of sp³-hybridized carbons (Fsp3) is 0.200. The molecule has 3 aromatic rings. The fourth-order valence-corrected chi connectivity index (χ4v) is 2.37. The molecule has 124 valence electrons. The average Bonchev–Trinajstić information content (AvgIpc) is 2.88. The molecule has 0 atom stereocenters. The van der Waals surface area contributed by atoms with Gasteiger partial charge in [0.1, 0.15) is 5.82 Å². The molecular formula is C15H15FN6O2. The highest BCUT2D eigenvalue weighted by atomic mass is 19.1. The second-order valence-electron chi connectivity index (χ2n) is 5.30. The van der Waals surface area contributed by atoms with E-state index in [9.17, 15) is 14.0 Å². The number of fused-ring (bicyclic) bond motifs is 1. The molecule has 9 heteroatoms. The van der Waals surface area contributed by atoms with Gasteiger partial charge in [0.05, 0.1) is 6.21 Å². The summed E-state index contributed by atoms with van der Waals surface area (Å²) >= 11 is 0. The number of benzene rings is 1. The molecule has 1 N–H and O–H groups in total. The SMILES string of the molecule is Cn1c(=O)c2c(nc(N/N=C/c3cccc(F)c3)n2C)n(C)c1=O. The van der Waals surface area contributed by atoms with Crippen LogP contribution < -0.4 is 16.7 Å². The van der Waals surface area contributed by atoms with Crippen LogP contribution in [0.25, 0.3) is 11.2 Å². The van der Waals surface area contributed by atoms with Crippen LogP contribution in [0.3, 0.4) is 0 Å². The quantitative estimate of drug-likeness (QED) is 0.561. The summed E-state index contributed by atoms with van der Waals surface area (Å²) in [6, 6.07) is 5.94. The maximum atomic E-state index is 13.1. The standard InChI is InChI=1S/C15H15FN6O2/c1-20-11-12(21(2)15(24)22(3)13(11)23)18-14(20)19-17-8-9-5-4-6-10(16)7-9/h4-8H,1-3H3,(H,18,19)/b17-8+. The summed E-state index contributed by atoms with van der Waals surface area (Å²) in [5, 5.41) is 3.99. The Morgan fingerprint density at radius 3 is 2.62 bits per heavy atom. The number of rotatable bonds is 3. The summed E-state index contributed by atoms with van der Waals surface area (Å²) in [7, 11) is 4.59. The van der Waals surface area contributed by atoms with Gasteiger partial charge in [0.15, 0.2) is 11.2 Å². The lowest BCUT2D eigenvalue weighted by molar-refractivity contribution is 0.627. The van der Waals surface area contributed by atoms with Crippen molar-refractivity contribution in [1.82, 2.24) is 18.7 Å². The van der Waals surface area contributed by atoms with E-state index < -0.39 is 11.2 Å². The minimum atomic E-state index is -0.458. The van der Waals surface area contributed by atoms with Gasteiger partial charge in [-0.1, -0.05) is 12.1 Å². The first-order chi connectivity index (χ1) is 11.4. The minimum Gasteiger partial charge on any atom is -0.306 e. The zero-order valence-corrected chi connectivity index (χ0v) is 13.3. The smallest absolute Gasteiger partial charge is 0.306 e. The first-order valence-electron chi connectivity index (χ1n) is 7.07. The van der Waals surface area contributed by atoms with Gasteiger partial charge < -0.3 is 4.57 Å². The van der Waals surface area contributed by atoms with Gasteiger partial charge in [0.2, 0.25) is 5.95 Å². The summed E-state index contributed by atoms with van der Waals surface area (Å²) in [5.41, 5.74) is 2.91. The Hall–Kier alpha value is -3.23. The zero-order chi connectivity index (χ0) is 17.4. The minimum absolute atomic E-state index is 0.258. The molecule has 3 rings (SSSR count). The highest BCUT2D eigenvalue weighted by Gasteiger charge is 2.16. The Morgan fingerprint density at radius 2 is 1.92 bits per heavy atom. The van der Waals surface area contributed by atoms with Gasteiger partial charge in [-0.15, -0.1) is 0 Å². The fourth-order valence-electron chi connectivity index (χ4n) is 2.37. The molecule has 0 bridgehead atoms. The van der Waals surface area contributed by atoms with E-state index in [0.29, 0.717) is 5.56 Å². The molecule has 0 fully saturated rings. The van der Waals surface area contributed by atoms with Crippen molar-refractivity contribution in [3.8, 4) is 0 Å². The summed E-state index contributed by atoms with van der Waals surface area (Å²) < 4.78 is 16.9. The van der Waals surface area contributed by atoms with Crippen molar-refractivity contribution >= 4 is 23.3 Å². The number of aryl methyl sites for hydroxylation is 2. The number of anilines is 1. The van der Waals surface area contributed by atoms with Crippen molar-refractivity contribution in [3.05, 3.63) is 56.5 Å². The number of nitrogens with one attached hydrogen (secondary N) is 1. The molecule has 8 nitrogen and oxygen atoms in total. The third-order valence-corrected chi connectivity index (χ3v) is 3.70. The van der Waals surface area contributed by atoms with Crippen LogP contribution in [0.2, 0.25) is 0 Å². The van der Waals surface area contributed by atoms with E-state index in [4.69, 9.17) is 0 Å². The van der Waals surface area contributed by atoms with Crippen LogP contribution in [0.5, 0.6) is 0 Å². The lowest BCUT2D eigenvalue weighted by Gasteiger charge is -2.03. The molecule has 2 aromatic heterocycles. The van der Waals surface area contributed by atoms with Crippen LogP contribution in [0.1, 0.15) is 5.56 Å². The van der Waals surface area contributed by atoms with E-state index in [1.807, 2.05) is 0 Å². The summed E-state index contributed by atoms with van der Waals surface area (Å²) in [6.07, 6.45) is 1.43. The maximum absolute atomic E-state index is 13.1. The molecule has 1 aromatic carbocycles. The van der Waals surface area contributed by atoms with Gasteiger partial charge >= 0.3 is 5.69 Å². The lowest BCUT2D eigenvalue weighted by atomic mass is 10.2. The molecule has 0 aliphatic carbocycles. The maximum Gasteiger partial charge on any atom is 0.332 e. The van der Waals surface area contributed by atoms with E-state index in [1.165, 1.54) is 41.6 Å². The van der Waals surface area contributed by atoms with E-state index in [2.05, 4.69) is 15.5 Å². The normalized spacial score (nSPS) is 11.5. The van der Waals surface area contributed by atoms with Crippen LogP contribution in [0.4, 0.5) is 10.3 Å². The molecule has 0 unspecified atom stereocenters. The van der Waals surface area contributed by atoms with Crippen molar-refractivity contribution in [2.45, 2.75) is 0 Å². The van der Waals surface area contributed by atoms with E-state index in [0.717, 1.165) is 4.57 Å². The van der Waals surface area contributed by atoms with E-state index in [-0.39, 0.29) is 22.9 Å². The van der Waals surface area contributed by atoms with Crippen molar-refractivity contribution < 1.29 is 4.39 Å². The number of hydrazone groups is 1.